The summed E-state index contributed by atoms with van der Waals surface area (Å²) in [4.78, 5) is 49.9. The third-order valence-electron chi connectivity index (χ3n) is 6.21. The molecule has 6 heteroatoms. The average molecular weight is 431 g/mol. The largest absolute Gasteiger partial charge is 0.465 e. The fourth-order valence-electron chi connectivity index (χ4n) is 4.07. The fourth-order valence-corrected chi connectivity index (χ4v) is 4.07. The van der Waals surface area contributed by atoms with Crippen LogP contribution in [0.2, 0.25) is 0 Å². The summed E-state index contributed by atoms with van der Waals surface area (Å²) in [6.45, 7) is 3.43. The zero-order valence-corrected chi connectivity index (χ0v) is 18.7. The molecule has 1 aliphatic carbocycles. The second-order valence-electron chi connectivity index (χ2n) is 8.55. The number of rotatable bonds is 14. The SMILES string of the molecule is CCOC(=O)C1(C(=O)C[C@@H](CCCCC(C)=O)C(=O)Cc2ccc(CO)cc2)CCC1. The highest BCUT2D eigenvalue weighted by molar-refractivity contribution is 6.06. The van der Waals surface area contributed by atoms with Gasteiger partial charge in [-0.25, -0.2) is 0 Å². The number of esters is 1. The van der Waals surface area contributed by atoms with Crippen molar-refractivity contribution in [2.45, 2.75) is 78.2 Å². The number of aliphatic hydroxyl groups is 1. The van der Waals surface area contributed by atoms with Crippen LogP contribution >= 0.6 is 0 Å². The minimum Gasteiger partial charge on any atom is -0.465 e. The Kier molecular flexibility index (Phi) is 9.56. The topological polar surface area (TPSA) is 97.7 Å². The van der Waals surface area contributed by atoms with Gasteiger partial charge in [-0.3, -0.25) is 14.4 Å². The molecule has 6 nitrogen and oxygen atoms in total. The van der Waals surface area contributed by atoms with Crippen LogP contribution in [-0.4, -0.2) is 35.0 Å². The van der Waals surface area contributed by atoms with Crippen LogP contribution in [0, 0.1) is 11.3 Å². The van der Waals surface area contributed by atoms with Crippen molar-refractivity contribution in [1.82, 2.24) is 0 Å². The van der Waals surface area contributed by atoms with Crippen LogP contribution < -0.4 is 0 Å². The lowest BCUT2D eigenvalue weighted by molar-refractivity contribution is -0.167. The molecule has 170 valence electrons. The van der Waals surface area contributed by atoms with Crippen molar-refractivity contribution < 1.29 is 29.0 Å². The fraction of sp³-hybridized carbons (Fsp3) is 0.600. The highest BCUT2D eigenvalue weighted by atomic mass is 16.5. The van der Waals surface area contributed by atoms with Gasteiger partial charge in [0.15, 0.2) is 5.78 Å². The van der Waals surface area contributed by atoms with Gasteiger partial charge in [-0.1, -0.05) is 37.1 Å². The maximum atomic E-state index is 13.1. The maximum Gasteiger partial charge on any atom is 0.319 e. The summed E-state index contributed by atoms with van der Waals surface area (Å²) in [6, 6.07) is 7.17. The monoisotopic (exact) mass is 430 g/mol. The Morgan fingerprint density at radius 3 is 2.23 bits per heavy atom. The van der Waals surface area contributed by atoms with Crippen LogP contribution in [0.3, 0.4) is 0 Å². The lowest BCUT2D eigenvalue weighted by atomic mass is 9.64. The molecule has 31 heavy (non-hydrogen) atoms. The number of Topliss-reactive ketones (excluding diaryl/α,β-unsaturated/α-hetero) is 3. The molecule has 1 aromatic carbocycles. The quantitative estimate of drug-likeness (QED) is 0.274. The van der Waals surface area contributed by atoms with Crippen molar-refractivity contribution in [2.75, 3.05) is 6.61 Å². The number of carbonyl (C=O) groups excluding carboxylic acids is 4. The number of hydrogen-bond acceptors (Lipinski definition) is 6. The summed E-state index contributed by atoms with van der Waals surface area (Å²) < 4.78 is 5.15. The third-order valence-corrected chi connectivity index (χ3v) is 6.21. The van der Waals surface area contributed by atoms with Gasteiger partial charge in [-0.2, -0.15) is 0 Å². The number of hydrogen-bond donors (Lipinski definition) is 1. The van der Waals surface area contributed by atoms with E-state index < -0.39 is 17.3 Å². The van der Waals surface area contributed by atoms with Crippen molar-refractivity contribution in [2.24, 2.45) is 11.3 Å². The van der Waals surface area contributed by atoms with Gasteiger partial charge in [0.05, 0.1) is 13.2 Å². The van der Waals surface area contributed by atoms with Crippen LogP contribution in [-0.2, 0) is 36.9 Å². The van der Waals surface area contributed by atoms with Crippen LogP contribution in [0.25, 0.3) is 0 Å². The summed E-state index contributed by atoms with van der Waals surface area (Å²) in [6.07, 6.45) is 4.35. The van der Waals surface area contributed by atoms with Gasteiger partial charge in [0.2, 0.25) is 0 Å². The molecule has 0 aliphatic heterocycles. The number of carbonyl (C=O) groups is 4. The molecule has 1 saturated carbocycles. The first-order valence-corrected chi connectivity index (χ1v) is 11.2. The normalized spacial score (nSPS) is 15.6. The standard InChI is InChI=1S/C25H34O6/c1-3-31-24(30)25(13-6-14-25)23(29)16-21(8-5-4-7-18(2)27)22(28)15-19-9-11-20(17-26)12-10-19/h9-12,21,26H,3-8,13-17H2,1-2H3/t21-/m1/s1. The van der Waals surface area contributed by atoms with Crippen molar-refractivity contribution in [3.8, 4) is 0 Å². The van der Waals surface area contributed by atoms with Crippen LogP contribution in [0.4, 0.5) is 0 Å². The molecule has 0 bridgehead atoms. The van der Waals surface area contributed by atoms with E-state index in [1.807, 2.05) is 12.1 Å². The lowest BCUT2D eigenvalue weighted by Crippen LogP contribution is -2.47. The van der Waals surface area contributed by atoms with E-state index in [9.17, 15) is 24.3 Å². The van der Waals surface area contributed by atoms with E-state index in [0.717, 1.165) is 17.5 Å². The summed E-state index contributed by atoms with van der Waals surface area (Å²) in [5.41, 5.74) is 0.511. The zero-order valence-electron chi connectivity index (χ0n) is 18.7. The molecule has 1 fully saturated rings. The summed E-state index contributed by atoms with van der Waals surface area (Å²) in [7, 11) is 0. The van der Waals surface area contributed by atoms with Crippen LogP contribution in [0.5, 0.6) is 0 Å². The molecule has 0 heterocycles. The predicted molar refractivity (Wildman–Crippen MR) is 116 cm³/mol. The Morgan fingerprint density at radius 1 is 1.06 bits per heavy atom. The Balaban J connectivity index is 2.08. The predicted octanol–water partition coefficient (Wildman–Crippen LogP) is 3.75. The lowest BCUT2D eigenvalue weighted by Gasteiger charge is -2.38. The van der Waals surface area contributed by atoms with E-state index in [2.05, 4.69) is 0 Å². The van der Waals surface area contributed by atoms with Gasteiger partial charge >= 0.3 is 5.97 Å². The van der Waals surface area contributed by atoms with Crippen LogP contribution in [0.1, 0.15) is 76.3 Å². The molecule has 0 spiro atoms. The minimum atomic E-state index is -1.09. The molecule has 0 amide bonds. The highest BCUT2D eigenvalue weighted by Gasteiger charge is 2.52. The van der Waals surface area contributed by atoms with Gasteiger partial charge in [0.1, 0.15) is 17.0 Å². The molecule has 1 N–H and O–H groups in total. The molecule has 1 atom stereocenters. The first kappa shape index (κ1) is 24.9. The smallest absolute Gasteiger partial charge is 0.319 e. The van der Waals surface area contributed by atoms with E-state index in [0.29, 0.717) is 38.5 Å². The third kappa shape index (κ3) is 6.82. The highest BCUT2D eigenvalue weighted by Crippen LogP contribution is 2.44. The van der Waals surface area contributed by atoms with E-state index in [4.69, 9.17) is 4.74 Å². The molecule has 1 aliphatic rings. The van der Waals surface area contributed by atoms with Crippen LogP contribution in [0.15, 0.2) is 24.3 Å². The van der Waals surface area contributed by atoms with Gasteiger partial charge in [0, 0.05) is 25.2 Å². The van der Waals surface area contributed by atoms with Crippen molar-refractivity contribution >= 4 is 23.3 Å². The van der Waals surface area contributed by atoms with Crippen molar-refractivity contribution in [1.29, 1.82) is 0 Å². The molecule has 1 aromatic rings. The summed E-state index contributed by atoms with van der Waals surface area (Å²) in [5.74, 6) is -1.07. The van der Waals surface area contributed by atoms with Gasteiger partial charge in [-0.05, 0) is 50.7 Å². The van der Waals surface area contributed by atoms with E-state index in [1.54, 1.807) is 26.0 Å². The zero-order chi connectivity index (χ0) is 22.9. The van der Waals surface area contributed by atoms with Gasteiger partial charge < -0.3 is 14.6 Å². The first-order chi connectivity index (χ1) is 14.8. The van der Waals surface area contributed by atoms with Crippen molar-refractivity contribution in [3.05, 3.63) is 35.4 Å². The molecule has 0 aromatic heterocycles. The molecule has 2 rings (SSSR count). The summed E-state index contributed by atoms with van der Waals surface area (Å²) >= 11 is 0. The Bertz CT molecular complexity index is 776. The van der Waals surface area contributed by atoms with Gasteiger partial charge in [-0.15, -0.1) is 0 Å². The first-order valence-electron chi connectivity index (χ1n) is 11.2. The van der Waals surface area contributed by atoms with E-state index >= 15 is 0 Å². The molecular weight excluding hydrogens is 396 g/mol. The maximum absolute atomic E-state index is 13.1. The molecule has 0 radical (unpaired) electrons. The average Bonchev–Trinajstić information content (AvgIpc) is 2.70. The van der Waals surface area contributed by atoms with E-state index in [-0.39, 0.29) is 43.4 Å². The Hall–Kier alpha value is -2.34. The molecule has 0 saturated heterocycles. The number of unbranched alkanes of at least 4 members (excludes halogenated alkanes) is 1. The summed E-state index contributed by atoms with van der Waals surface area (Å²) in [5, 5.41) is 9.18. The van der Waals surface area contributed by atoms with Crippen molar-refractivity contribution in [3.63, 3.8) is 0 Å². The van der Waals surface area contributed by atoms with Gasteiger partial charge in [0.25, 0.3) is 0 Å². The van der Waals surface area contributed by atoms with E-state index in [1.165, 1.54) is 0 Å². The number of ether oxygens (including phenoxy) is 1. The molecule has 0 unspecified atom stereocenters. The second-order valence-corrected chi connectivity index (χ2v) is 8.55. The number of aliphatic hydroxyl groups excluding tert-OH is 1. The minimum absolute atomic E-state index is 0.0342. The Labute approximate surface area is 184 Å². The second kappa shape index (κ2) is 11.9. The Morgan fingerprint density at radius 2 is 1.71 bits per heavy atom. The number of ketones is 3. The number of benzene rings is 1. The molecular formula is C25H34O6.